The Morgan fingerprint density at radius 1 is 1.19 bits per heavy atom. The zero-order valence-corrected chi connectivity index (χ0v) is 16.3. The minimum atomic E-state index is -0.143. The van der Waals surface area contributed by atoms with Crippen molar-refractivity contribution in [3.05, 3.63) is 81.9 Å². The number of carbonyl (C=O) groups is 1. The highest BCUT2D eigenvalue weighted by Gasteiger charge is 2.07. The third kappa shape index (κ3) is 5.25. The molecule has 1 aromatic heterocycles. The predicted octanol–water partition coefficient (Wildman–Crippen LogP) is 4.28. The maximum absolute atomic E-state index is 12.3. The summed E-state index contributed by atoms with van der Waals surface area (Å²) in [5, 5.41) is 4.08. The van der Waals surface area contributed by atoms with E-state index in [9.17, 15) is 4.79 Å². The molecule has 0 fully saturated rings. The maximum Gasteiger partial charge on any atom is 0.251 e. The summed E-state index contributed by atoms with van der Waals surface area (Å²) >= 11 is 12.0. The van der Waals surface area contributed by atoms with E-state index >= 15 is 0 Å². The Morgan fingerprint density at radius 2 is 1.96 bits per heavy atom. The van der Waals surface area contributed by atoms with Crippen LogP contribution in [0.3, 0.4) is 0 Å². The zero-order chi connectivity index (χ0) is 19.2. The number of amides is 1. The zero-order valence-electron chi connectivity index (χ0n) is 14.8. The summed E-state index contributed by atoms with van der Waals surface area (Å²) in [6.45, 7) is 0.856. The molecule has 27 heavy (non-hydrogen) atoms. The Kier molecular flexibility index (Phi) is 6.37. The minimum absolute atomic E-state index is 0.143. The highest BCUT2D eigenvalue weighted by atomic mass is 35.5. The lowest BCUT2D eigenvalue weighted by Gasteiger charge is -2.09. The predicted molar refractivity (Wildman–Crippen MR) is 106 cm³/mol. The van der Waals surface area contributed by atoms with Crippen LogP contribution in [0.15, 0.2) is 54.9 Å². The van der Waals surface area contributed by atoms with Gasteiger partial charge in [0, 0.05) is 41.6 Å². The monoisotopic (exact) mass is 403 g/mol. The summed E-state index contributed by atoms with van der Waals surface area (Å²) in [4.78, 5) is 16.5. The summed E-state index contributed by atoms with van der Waals surface area (Å²) in [5.74, 6) is 1.37. The van der Waals surface area contributed by atoms with Gasteiger partial charge in [0.15, 0.2) is 0 Å². The normalized spacial score (nSPS) is 10.6. The van der Waals surface area contributed by atoms with Crippen molar-refractivity contribution in [3.8, 4) is 5.75 Å². The van der Waals surface area contributed by atoms with E-state index in [0.29, 0.717) is 40.9 Å². The highest BCUT2D eigenvalue weighted by molar-refractivity contribution is 6.35. The number of benzene rings is 2. The average molecular weight is 404 g/mol. The summed E-state index contributed by atoms with van der Waals surface area (Å²) in [7, 11) is 1.91. The van der Waals surface area contributed by atoms with E-state index in [1.165, 1.54) is 0 Å². The van der Waals surface area contributed by atoms with Gasteiger partial charge >= 0.3 is 0 Å². The Balaban J connectivity index is 1.49. The molecule has 1 N–H and O–H groups in total. The Bertz CT molecular complexity index is 923. The van der Waals surface area contributed by atoms with Crippen molar-refractivity contribution >= 4 is 29.1 Å². The lowest BCUT2D eigenvalue weighted by atomic mass is 10.1. The number of hydrogen-bond acceptors (Lipinski definition) is 3. The average Bonchev–Trinajstić information content (AvgIpc) is 3.07. The van der Waals surface area contributed by atoms with Gasteiger partial charge in [0.1, 0.15) is 18.2 Å². The van der Waals surface area contributed by atoms with E-state index in [4.69, 9.17) is 27.9 Å². The fourth-order valence-electron chi connectivity index (χ4n) is 2.52. The van der Waals surface area contributed by atoms with E-state index < -0.39 is 0 Å². The number of rotatable bonds is 7. The van der Waals surface area contributed by atoms with Gasteiger partial charge < -0.3 is 14.6 Å². The van der Waals surface area contributed by atoms with Crippen molar-refractivity contribution in [3.63, 3.8) is 0 Å². The van der Waals surface area contributed by atoms with Crippen LogP contribution in [0.2, 0.25) is 10.0 Å². The van der Waals surface area contributed by atoms with Crippen molar-refractivity contribution in [1.29, 1.82) is 0 Å². The summed E-state index contributed by atoms with van der Waals surface area (Å²) in [6.07, 6.45) is 4.22. The van der Waals surface area contributed by atoms with Gasteiger partial charge in [-0.3, -0.25) is 4.79 Å². The molecule has 0 aliphatic carbocycles. The Labute approximate surface area is 167 Å². The van der Waals surface area contributed by atoms with Crippen molar-refractivity contribution < 1.29 is 9.53 Å². The van der Waals surface area contributed by atoms with Crippen LogP contribution in [0.25, 0.3) is 0 Å². The van der Waals surface area contributed by atoms with Crippen LogP contribution < -0.4 is 10.1 Å². The molecule has 3 aromatic rings. The number of hydrogen-bond donors (Lipinski definition) is 1. The first kappa shape index (κ1) is 19.3. The van der Waals surface area contributed by atoms with Crippen LogP contribution in [0.5, 0.6) is 5.75 Å². The Morgan fingerprint density at radius 3 is 2.63 bits per heavy atom. The molecule has 0 bridgehead atoms. The van der Waals surface area contributed by atoms with Crippen molar-refractivity contribution in [2.45, 2.75) is 13.0 Å². The first-order chi connectivity index (χ1) is 13.0. The summed E-state index contributed by atoms with van der Waals surface area (Å²) in [6, 6.07) is 12.4. The fourth-order valence-corrected chi connectivity index (χ4v) is 3.03. The van der Waals surface area contributed by atoms with Gasteiger partial charge in [-0.25, -0.2) is 4.98 Å². The SMILES string of the molecule is Cn1ccnc1COc1ccc(C(=O)NCCc2ccc(Cl)cc2Cl)cc1. The van der Waals surface area contributed by atoms with E-state index in [-0.39, 0.29) is 5.91 Å². The van der Waals surface area contributed by atoms with Crippen molar-refractivity contribution in [2.24, 2.45) is 7.05 Å². The Hall–Kier alpha value is -2.50. The molecule has 140 valence electrons. The fraction of sp³-hybridized carbons (Fsp3) is 0.200. The van der Waals surface area contributed by atoms with Crippen LogP contribution in [-0.2, 0) is 20.1 Å². The smallest absolute Gasteiger partial charge is 0.251 e. The van der Waals surface area contributed by atoms with Gasteiger partial charge in [0.25, 0.3) is 5.91 Å². The number of halogens is 2. The van der Waals surface area contributed by atoms with Crippen molar-refractivity contribution in [2.75, 3.05) is 6.54 Å². The van der Waals surface area contributed by atoms with Crippen LogP contribution in [0.4, 0.5) is 0 Å². The van der Waals surface area contributed by atoms with Gasteiger partial charge in [-0.2, -0.15) is 0 Å². The molecule has 0 aliphatic heterocycles. The molecule has 0 radical (unpaired) electrons. The second-order valence-electron chi connectivity index (χ2n) is 6.01. The number of carbonyl (C=O) groups excluding carboxylic acids is 1. The minimum Gasteiger partial charge on any atom is -0.486 e. The van der Waals surface area contributed by atoms with Gasteiger partial charge in [0.05, 0.1) is 0 Å². The van der Waals surface area contributed by atoms with Gasteiger partial charge in [-0.1, -0.05) is 29.3 Å². The standard InChI is InChI=1S/C20H19Cl2N3O2/c1-25-11-10-23-19(25)13-27-17-6-3-15(4-7-17)20(26)24-9-8-14-2-5-16(21)12-18(14)22/h2-7,10-12H,8-9,13H2,1H3,(H,24,26). The second-order valence-corrected chi connectivity index (χ2v) is 6.85. The molecule has 0 saturated heterocycles. The third-order valence-electron chi connectivity index (χ3n) is 4.10. The topological polar surface area (TPSA) is 56.2 Å². The molecule has 1 heterocycles. The highest BCUT2D eigenvalue weighted by Crippen LogP contribution is 2.21. The van der Waals surface area contributed by atoms with Crippen LogP contribution in [0, 0.1) is 0 Å². The molecule has 2 aromatic carbocycles. The maximum atomic E-state index is 12.3. The number of imidazole rings is 1. The molecule has 3 rings (SSSR count). The molecule has 1 amide bonds. The summed E-state index contributed by atoms with van der Waals surface area (Å²) < 4.78 is 7.58. The lowest BCUT2D eigenvalue weighted by molar-refractivity contribution is 0.0954. The molecule has 0 unspecified atom stereocenters. The molecule has 0 saturated carbocycles. The van der Waals surface area contributed by atoms with E-state index in [2.05, 4.69) is 10.3 Å². The van der Waals surface area contributed by atoms with Gasteiger partial charge in [-0.05, 0) is 48.4 Å². The second kappa shape index (κ2) is 8.93. The molecule has 7 heteroatoms. The molecule has 0 spiro atoms. The first-order valence-electron chi connectivity index (χ1n) is 8.44. The molecule has 0 atom stereocenters. The molecule has 0 aliphatic rings. The van der Waals surface area contributed by atoms with E-state index in [1.807, 2.05) is 23.9 Å². The largest absolute Gasteiger partial charge is 0.486 e. The quantitative estimate of drug-likeness (QED) is 0.640. The van der Waals surface area contributed by atoms with Crippen molar-refractivity contribution in [1.82, 2.24) is 14.9 Å². The van der Waals surface area contributed by atoms with Crippen LogP contribution in [0.1, 0.15) is 21.7 Å². The number of nitrogens with one attached hydrogen (secondary N) is 1. The van der Waals surface area contributed by atoms with Gasteiger partial charge in [0.2, 0.25) is 0 Å². The summed E-state index contributed by atoms with van der Waals surface area (Å²) in [5.41, 5.74) is 1.51. The number of aryl methyl sites for hydroxylation is 1. The van der Waals surface area contributed by atoms with Gasteiger partial charge in [-0.15, -0.1) is 0 Å². The molecular formula is C20H19Cl2N3O2. The number of nitrogens with zero attached hydrogens (tertiary/aromatic N) is 2. The van der Waals surface area contributed by atoms with Crippen LogP contribution >= 0.6 is 23.2 Å². The van der Waals surface area contributed by atoms with E-state index in [0.717, 1.165) is 11.4 Å². The molecular weight excluding hydrogens is 385 g/mol. The lowest BCUT2D eigenvalue weighted by Crippen LogP contribution is -2.25. The van der Waals surface area contributed by atoms with E-state index in [1.54, 1.807) is 42.6 Å². The number of aromatic nitrogens is 2. The van der Waals surface area contributed by atoms with Crippen LogP contribution in [-0.4, -0.2) is 22.0 Å². The number of ether oxygens (including phenoxy) is 1. The first-order valence-corrected chi connectivity index (χ1v) is 9.20. The molecule has 5 nitrogen and oxygen atoms in total. The third-order valence-corrected chi connectivity index (χ3v) is 4.69.